The number of benzene rings is 1. The largest absolute Gasteiger partial charge is 0.497 e. The second-order valence-electron chi connectivity index (χ2n) is 8.14. The van der Waals surface area contributed by atoms with Crippen LogP contribution in [0.25, 0.3) is 0 Å². The van der Waals surface area contributed by atoms with E-state index in [2.05, 4.69) is 37.4 Å². The van der Waals surface area contributed by atoms with E-state index in [-0.39, 0.29) is 12.5 Å². The number of nitrogens with zero attached hydrogens (tertiary/aromatic N) is 5. The fourth-order valence-corrected chi connectivity index (χ4v) is 3.50. The maximum absolute atomic E-state index is 12.1. The van der Waals surface area contributed by atoms with Gasteiger partial charge in [0, 0.05) is 59.4 Å². The van der Waals surface area contributed by atoms with Crippen LogP contribution >= 0.6 is 0 Å². The number of rotatable bonds is 8. The molecule has 0 saturated carbocycles. The zero-order valence-corrected chi connectivity index (χ0v) is 19.5. The van der Waals surface area contributed by atoms with Crippen molar-refractivity contribution in [1.82, 2.24) is 25.2 Å². The Balaban J connectivity index is 1.55. The minimum absolute atomic E-state index is 0.0144. The molecule has 1 amide bonds. The lowest BCUT2D eigenvalue weighted by molar-refractivity contribution is -0.127. The number of ether oxygens (including phenoxy) is 1. The molecule has 9 nitrogen and oxygen atoms in total. The summed E-state index contributed by atoms with van der Waals surface area (Å²) < 4.78 is 10.4. The Morgan fingerprint density at radius 3 is 2.53 bits per heavy atom. The van der Waals surface area contributed by atoms with Crippen molar-refractivity contribution in [2.24, 2.45) is 4.99 Å². The molecule has 1 fully saturated rings. The zero-order valence-electron chi connectivity index (χ0n) is 19.5. The Bertz CT molecular complexity index is 885. The number of nitrogens with one attached hydrogen (secondary N) is 1. The van der Waals surface area contributed by atoms with E-state index in [1.807, 2.05) is 25.1 Å². The molecule has 1 N–H and O–H groups in total. The first-order valence-corrected chi connectivity index (χ1v) is 11.0. The third-order valence-electron chi connectivity index (χ3n) is 5.45. The Labute approximate surface area is 190 Å². The van der Waals surface area contributed by atoms with E-state index in [1.54, 1.807) is 26.1 Å². The molecule has 0 unspecified atom stereocenters. The van der Waals surface area contributed by atoms with E-state index in [1.165, 1.54) is 5.56 Å². The van der Waals surface area contributed by atoms with Crippen LogP contribution in [0.2, 0.25) is 0 Å². The molecule has 32 heavy (non-hydrogen) atoms. The second kappa shape index (κ2) is 11.5. The summed E-state index contributed by atoms with van der Waals surface area (Å²) in [7, 11) is 5.17. The monoisotopic (exact) mass is 442 g/mol. The number of aromatic nitrogens is 1. The molecule has 1 aromatic heterocycles. The normalized spacial score (nSPS) is 15.0. The topological polar surface area (TPSA) is 86.4 Å². The average Bonchev–Trinajstić information content (AvgIpc) is 3.21. The van der Waals surface area contributed by atoms with Crippen molar-refractivity contribution >= 4 is 11.9 Å². The van der Waals surface area contributed by atoms with Gasteiger partial charge in [0.05, 0.1) is 12.8 Å². The van der Waals surface area contributed by atoms with Crippen LogP contribution in [0.4, 0.5) is 0 Å². The summed E-state index contributed by atoms with van der Waals surface area (Å²) in [4.78, 5) is 22.8. The van der Waals surface area contributed by atoms with Crippen LogP contribution < -0.4 is 10.1 Å². The fraction of sp³-hybridized carbons (Fsp3) is 0.522. The summed E-state index contributed by atoms with van der Waals surface area (Å²) in [6.07, 6.45) is 0.857. The van der Waals surface area contributed by atoms with Crippen molar-refractivity contribution in [3.05, 3.63) is 47.3 Å². The maximum atomic E-state index is 12.1. The summed E-state index contributed by atoms with van der Waals surface area (Å²) in [6.45, 7) is 7.02. The highest BCUT2D eigenvalue weighted by Crippen LogP contribution is 2.12. The van der Waals surface area contributed by atoms with Crippen LogP contribution in [0.3, 0.4) is 0 Å². The maximum Gasteiger partial charge on any atom is 0.243 e. The number of amides is 1. The van der Waals surface area contributed by atoms with Gasteiger partial charge in [-0.3, -0.25) is 9.69 Å². The molecule has 0 bridgehead atoms. The highest BCUT2D eigenvalue weighted by atomic mass is 16.5. The summed E-state index contributed by atoms with van der Waals surface area (Å²) in [5, 5.41) is 7.55. The minimum Gasteiger partial charge on any atom is -0.497 e. The molecule has 1 aliphatic heterocycles. The molecule has 0 atom stereocenters. The lowest BCUT2D eigenvalue weighted by Crippen LogP contribution is -2.52. The van der Waals surface area contributed by atoms with E-state index < -0.39 is 0 Å². The van der Waals surface area contributed by atoms with Crippen LogP contribution in [0.15, 0.2) is 39.8 Å². The summed E-state index contributed by atoms with van der Waals surface area (Å²) in [5.74, 6) is 2.45. The van der Waals surface area contributed by atoms with Crippen LogP contribution in [0, 0.1) is 6.92 Å². The number of hydrogen-bond acceptors (Lipinski definition) is 6. The molecule has 0 spiro atoms. The molecule has 9 heteroatoms. The van der Waals surface area contributed by atoms with Gasteiger partial charge >= 0.3 is 0 Å². The van der Waals surface area contributed by atoms with E-state index in [0.717, 1.165) is 68.9 Å². The Morgan fingerprint density at radius 2 is 1.94 bits per heavy atom. The summed E-state index contributed by atoms with van der Waals surface area (Å²) >= 11 is 0. The lowest BCUT2D eigenvalue weighted by atomic mass is 10.1. The number of carbonyl (C=O) groups excluding carboxylic acids is 1. The van der Waals surface area contributed by atoms with Gasteiger partial charge in [0.15, 0.2) is 5.96 Å². The SMILES string of the molecule is COc1ccc(CCNC(=NCC(=O)N(C)C)N2CCN(Cc3cc(C)on3)CC2)cc1. The van der Waals surface area contributed by atoms with Crippen LogP contribution in [0.1, 0.15) is 17.0 Å². The zero-order chi connectivity index (χ0) is 22.9. The summed E-state index contributed by atoms with van der Waals surface area (Å²) in [5.41, 5.74) is 2.17. The lowest BCUT2D eigenvalue weighted by Gasteiger charge is -2.36. The Morgan fingerprint density at radius 1 is 1.22 bits per heavy atom. The third-order valence-corrected chi connectivity index (χ3v) is 5.45. The van der Waals surface area contributed by atoms with Crippen molar-refractivity contribution in [1.29, 1.82) is 0 Å². The van der Waals surface area contributed by atoms with Crippen molar-refractivity contribution in [2.45, 2.75) is 19.9 Å². The standard InChI is InChI=1S/C23H34N6O3/c1-18-15-20(26-32-18)17-28-11-13-29(14-12-28)23(25-16-22(30)27(2)3)24-10-9-19-5-7-21(31-4)8-6-19/h5-8,15H,9-14,16-17H2,1-4H3,(H,24,25). The average molecular weight is 443 g/mol. The van der Waals surface area contributed by atoms with E-state index in [4.69, 9.17) is 9.26 Å². The van der Waals surface area contributed by atoms with Gasteiger partial charge in [-0.15, -0.1) is 0 Å². The van der Waals surface area contributed by atoms with E-state index in [9.17, 15) is 4.79 Å². The number of piperazine rings is 1. The number of likely N-dealkylation sites (N-methyl/N-ethyl adjacent to an activating group) is 1. The van der Waals surface area contributed by atoms with Gasteiger partial charge in [0.2, 0.25) is 5.91 Å². The molecule has 2 heterocycles. The molecule has 0 aliphatic carbocycles. The quantitative estimate of drug-likeness (QED) is 0.488. The van der Waals surface area contributed by atoms with Gasteiger partial charge in [-0.2, -0.15) is 0 Å². The van der Waals surface area contributed by atoms with Crippen LogP contribution in [-0.2, 0) is 17.8 Å². The molecule has 1 aliphatic rings. The Kier molecular flexibility index (Phi) is 8.49. The predicted molar refractivity (Wildman–Crippen MR) is 124 cm³/mol. The third kappa shape index (κ3) is 6.98. The smallest absolute Gasteiger partial charge is 0.243 e. The van der Waals surface area contributed by atoms with Crippen molar-refractivity contribution in [3.63, 3.8) is 0 Å². The molecule has 1 aromatic carbocycles. The molecule has 3 rings (SSSR count). The van der Waals surface area contributed by atoms with Crippen molar-refractivity contribution in [2.75, 3.05) is 60.5 Å². The first-order valence-electron chi connectivity index (χ1n) is 11.0. The van der Waals surface area contributed by atoms with Gasteiger partial charge in [0.25, 0.3) is 0 Å². The molecule has 1 saturated heterocycles. The van der Waals surface area contributed by atoms with E-state index in [0.29, 0.717) is 0 Å². The number of carbonyl (C=O) groups is 1. The number of aliphatic imine (C=N–C) groups is 1. The summed E-state index contributed by atoms with van der Waals surface area (Å²) in [6, 6.07) is 10.0. The van der Waals surface area contributed by atoms with Gasteiger partial charge in [-0.25, -0.2) is 4.99 Å². The Hall–Kier alpha value is -3.07. The first kappa shape index (κ1) is 23.6. The predicted octanol–water partition coefficient (Wildman–Crippen LogP) is 1.39. The van der Waals surface area contributed by atoms with E-state index >= 15 is 0 Å². The number of aryl methyl sites for hydroxylation is 1. The van der Waals surface area contributed by atoms with Gasteiger partial charge in [0.1, 0.15) is 18.1 Å². The second-order valence-corrected chi connectivity index (χ2v) is 8.14. The molecular weight excluding hydrogens is 408 g/mol. The van der Waals surface area contributed by atoms with Crippen LogP contribution in [0.5, 0.6) is 5.75 Å². The highest BCUT2D eigenvalue weighted by molar-refractivity contribution is 5.85. The first-order chi connectivity index (χ1) is 15.4. The van der Waals surface area contributed by atoms with Crippen molar-refractivity contribution in [3.8, 4) is 5.75 Å². The van der Waals surface area contributed by atoms with Gasteiger partial charge in [-0.05, 0) is 31.0 Å². The van der Waals surface area contributed by atoms with Gasteiger partial charge in [-0.1, -0.05) is 17.3 Å². The molecular formula is C23H34N6O3. The number of methoxy groups -OCH3 is 1. The van der Waals surface area contributed by atoms with Crippen LogP contribution in [-0.4, -0.2) is 92.2 Å². The highest BCUT2D eigenvalue weighted by Gasteiger charge is 2.21. The molecule has 174 valence electrons. The van der Waals surface area contributed by atoms with Gasteiger partial charge < -0.3 is 24.4 Å². The molecule has 0 radical (unpaired) electrons. The number of guanidine groups is 1. The minimum atomic E-state index is -0.0144. The van der Waals surface area contributed by atoms with Crippen molar-refractivity contribution < 1.29 is 14.1 Å². The fourth-order valence-electron chi connectivity index (χ4n) is 3.50. The number of hydrogen-bond donors (Lipinski definition) is 1. The molecule has 2 aromatic rings.